The molecule has 1 N–H and O–H groups in total. The number of rotatable bonds is 4. The normalized spacial score (nSPS) is 11.4. The smallest absolute Gasteiger partial charge is 0.356 e. The van der Waals surface area contributed by atoms with Crippen LogP contribution in [0.5, 0.6) is 0 Å². The van der Waals surface area contributed by atoms with Crippen LogP contribution in [0.3, 0.4) is 0 Å². The van der Waals surface area contributed by atoms with Crippen molar-refractivity contribution in [1.29, 1.82) is 0 Å². The molecule has 0 saturated carbocycles. The van der Waals surface area contributed by atoms with Crippen LogP contribution < -0.4 is 0 Å². The van der Waals surface area contributed by atoms with Gasteiger partial charge >= 0.3 is 5.97 Å². The highest BCUT2D eigenvalue weighted by Crippen LogP contribution is 2.11. The first-order valence-corrected chi connectivity index (χ1v) is 4.90. The fourth-order valence-electron chi connectivity index (χ4n) is 1.21. The summed E-state index contributed by atoms with van der Waals surface area (Å²) >= 11 is 0. The Morgan fingerprint density at radius 2 is 2.18 bits per heavy atom. The van der Waals surface area contributed by atoms with Crippen LogP contribution in [0, 0.1) is 11.6 Å². The minimum atomic E-state index is -0.835. The average Bonchev–Trinajstić information content (AvgIpc) is 2.28. The summed E-state index contributed by atoms with van der Waals surface area (Å²) in [6.45, 7) is 1.70. The molecule has 0 atom stereocenters. The van der Waals surface area contributed by atoms with Crippen molar-refractivity contribution in [2.75, 3.05) is 6.61 Å². The van der Waals surface area contributed by atoms with Gasteiger partial charge in [-0.2, -0.15) is 0 Å². The third-order valence-electron chi connectivity index (χ3n) is 2.00. The zero-order valence-electron chi connectivity index (χ0n) is 9.11. The summed E-state index contributed by atoms with van der Waals surface area (Å²) < 4.78 is 30.5. The van der Waals surface area contributed by atoms with E-state index in [2.05, 4.69) is 9.89 Å². The number of hydrogen-bond acceptors (Lipinski definition) is 4. The van der Waals surface area contributed by atoms with Crippen molar-refractivity contribution >= 4 is 11.7 Å². The van der Waals surface area contributed by atoms with E-state index in [-0.39, 0.29) is 24.3 Å². The molecule has 0 aliphatic rings. The molecule has 1 aromatic rings. The van der Waals surface area contributed by atoms with E-state index in [0.29, 0.717) is 6.07 Å². The van der Waals surface area contributed by atoms with Gasteiger partial charge in [-0.1, -0.05) is 11.2 Å². The number of carbonyl (C=O) groups excluding carboxylic acids is 1. The Hall–Kier alpha value is -1.98. The van der Waals surface area contributed by atoms with E-state index in [1.54, 1.807) is 6.92 Å². The van der Waals surface area contributed by atoms with Gasteiger partial charge in [-0.05, 0) is 18.6 Å². The highest BCUT2D eigenvalue weighted by Gasteiger charge is 2.16. The first-order valence-electron chi connectivity index (χ1n) is 4.90. The van der Waals surface area contributed by atoms with Gasteiger partial charge in [0.05, 0.1) is 6.61 Å². The number of ether oxygens (including phenoxy) is 1. The van der Waals surface area contributed by atoms with Gasteiger partial charge in [-0.25, -0.2) is 13.6 Å². The Balaban J connectivity index is 2.85. The van der Waals surface area contributed by atoms with Crippen LogP contribution in [0.1, 0.15) is 12.5 Å². The highest BCUT2D eigenvalue weighted by atomic mass is 19.1. The first-order chi connectivity index (χ1) is 8.08. The maximum absolute atomic E-state index is 13.3. The van der Waals surface area contributed by atoms with Crippen molar-refractivity contribution in [3.05, 3.63) is 35.4 Å². The number of halogens is 2. The monoisotopic (exact) mass is 243 g/mol. The Morgan fingerprint density at radius 3 is 2.71 bits per heavy atom. The van der Waals surface area contributed by atoms with E-state index in [1.165, 1.54) is 6.07 Å². The molecule has 0 aromatic heterocycles. The van der Waals surface area contributed by atoms with Gasteiger partial charge in [-0.15, -0.1) is 0 Å². The van der Waals surface area contributed by atoms with Gasteiger partial charge in [0, 0.05) is 12.5 Å². The molecule has 1 rings (SSSR count). The van der Waals surface area contributed by atoms with E-state index in [1.807, 2.05) is 0 Å². The van der Waals surface area contributed by atoms with Crippen LogP contribution in [-0.2, 0) is 16.0 Å². The Morgan fingerprint density at radius 1 is 1.47 bits per heavy atom. The molecule has 1 aromatic carbocycles. The molecule has 0 saturated heterocycles. The van der Waals surface area contributed by atoms with E-state index >= 15 is 0 Å². The van der Waals surface area contributed by atoms with E-state index in [9.17, 15) is 13.6 Å². The third kappa shape index (κ3) is 3.51. The van der Waals surface area contributed by atoms with Crippen molar-refractivity contribution in [3.8, 4) is 0 Å². The van der Waals surface area contributed by atoms with Crippen molar-refractivity contribution in [3.63, 3.8) is 0 Å². The van der Waals surface area contributed by atoms with E-state index in [4.69, 9.17) is 5.21 Å². The molecule has 0 radical (unpaired) electrons. The number of benzene rings is 1. The van der Waals surface area contributed by atoms with Crippen molar-refractivity contribution in [1.82, 2.24) is 0 Å². The van der Waals surface area contributed by atoms with Crippen LogP contribution in [0.4, 0.5) is 8.78 Å². The quantitative estimate of drug-likeness (QED) is 0.380. The molecule has 0 aliphatic heterocycles. The number of hydrogen-bond donors (Lipinski definition) is 1. The number of esters is 1. The zero-order chi connectivity index (χ0) is 12.8. The van der Waals surface area contributed by atoms with Gasteiger partial charge in [0.1, 0.15) is 11.6 Å². The standard InChI is InChI=1S/C11H11F2NO3/c1-2-17-11(15)10(14-16)5-7-3-4-8(12)6-9(7)13/h3-4,6,16H,2,5H2,1H3. The minimum Gasteiger partial charge on any atom is -0.461 e. The zero-order valence-corrected chi connectivity index (χ0v) is 9.11. The van der Waals surface area contributed by atoms with Gasteiger partial charge in [0.2, 0.25) is 0 Å². The summed E-state index contributed by atoms with van der Waals surface area (Å²) in [4.78, 5) is 11.2. The summed E-state index contributed by atoms with van der Waals surface area (Å²) in [5.41, 5.74) is -0.287. The van der Waals surface area contributed by atoms with Crippen LogP contribution >= 0.6 is 0 Å². The van der Waals surface area contributed by atoms with Crippen LogP contribution in [0.2, 0.25) is 0 Å². The average molecular weight is 243 g/mol. The topological polar surface area (TPSA) is 58.9 Å². The third-order valence-corrected chi connectivity index (χ3v) is 2.00. The fraction of sp³-hybridized carbons (Fsp3) is 0.273. The predicted octanol–water partition coefficient (Wildman–Crippen LogP) is 1.90. The molecule has 92 valence electrons. The maximum Gasteiger partial charge on any atom is 0.356 e. The van der Waals surface area contributed by atoms with Crippen LogP contribution in [0.25, 0.3) is 0 Å². The largest absolute Gasteiger partial charge is 0.461 e. The molecule has 0 heterocycles. The second kappa shape index (κ2) is 5.93. The van der Waals surface area contributed by atoms with Gasteiger partial charge in [0.15, 0.2) is 5.71 Å². The number of oxime groups is 1. The van der Waals surface area contributed by atoms with Gasteiger partial charge < -0.3 is 9.94 Å². The molecule has 0 amide bonds. The lowest BCUT2D eigenvalue weighted by Gasteiger charge is -2.05. The molecular weight excluding hydrogens is 232 g/mol. The van der Waals surface area contributed by atoms with Crippen LogP contribution in [0.15, 0.2) is 23.4 Å². The molecule has 0 fully saturated rings. The second-order valence-electron chi connectivity index (χ2n) is 3.18. The molecule has 0 unspecified atom stereocenters. The molecule has 4 nitrogen and oxygen atoms in total. The maximum atomic E-state index is 13.3. The fourth-order valence-corrected chi connectivity index (χ4v) is 1.21. The summed E-state index contributed by atoms with van der Waals surface area (Å²) in [6, 6.07) is 2.92. The molecular formula is C11H11F2NO3. The minimum absolute atomic E-state index is 0.0484. The molecule has 0 bridgehead atoms. The molecule has 0 spiro atoms. The first kappa shape index (κ1) is 13.1. The lowest BCUT2D eigenvalue weighted by Crippen LogP contribution is -2.20. The van der Waals surface area contributed by atoms with E-state index in [0.717, 1.165) is 6.07 Å². The summed E-state index contributed by atoms with van der Waals surface area (Å²) in [5.74, 6) is -2.36. The Kier molecular flexibility index (Phi) is 4.56. The SMILES string of the molecule is CCOC(=O)C(Cc1ccc(F)cc1F)=NO. The Labute approximate surface area is 96.5 Å². The predicted molar refractivity (Wildman–Crippen MR) is 55.9 cm³/mol. The molecule has 17 heavy (non-hydrogen) atoms. The summed E-state index contributed by atoms with van der Waals surface area (Å²) in [6.07, 6.45) is -0.262. The van der Waals surface area contributed by atoms with Crippen molar-refractivity contribution in [2.45, 2.75) is 13.3 Å². The second-order valence-corrected chi connectivity index (χ2v) is 3.18. The summed E-state index contributed by atoms with van der Waals surface area (Å²) in [7, 11) is 0. The molecule has 0 aliphatic carbocycles. The van der Waals surface area contributed by atoms with Crippen LogP contribution in [-0.4, -0.2) is 23.5 Å². The summed E-state index contributed by atoms with van der Waals surface area (Å²) in [5, 5.41) is 11.4. The van der Waals surface area contributed by atoms with Gasteiger partial charge in [0.25, 0.3) is 0 Å². The highest BCUT2D eigenvalue weighted by molar-refractivity contribution is 6.36. The number of carbonyl (C=O) groups is 1. The van der Waals surface area contributed by atoms with E-state index < -0.39 is 17.6 Å². The van der Waals surface area contributed by atoms with Crippen molar-refractivity contribution in [2.24, 2.45) is 5.16 Å². The van der Waals surface area contributed by atoms with Crippen molar-refractivity contribution < 1.29 is 23.5 Å². The number of nitrogens with zero attached hydrogens (tertiary/aromatic N) is 1. The van der Waals surface area contributed by atoms with Gasteiger partial charge in [-0.3, -0.25) is 0 Å². The Bertz CT molecular complexity index is 446. The molecule has 6 heteroatoms. The lowest BCUT2D eigenvalue weighted by atomic mass is 10.1. The lowest BCUT2D eigenvalue weighted by molar-refractivity contribution is -0.135.